The van der Waals surface area contributed by atoms with Crippen molar-refractivity contribution in [3.8, 4) is 0 Å². The first-order chi connectivity index (χ1) is 3.66. The van der Waals surface area contributed by atoms with Crippen molar-refractivity contribution >= 4 is 0 Å². The van der Waals surface area contributed by atoms with Crippen LogP contribution in [0.4, 0.5) is 0 Å². The molecule has 4 N–H and O–H groups in total. The molecule has 3 heteroatoms. The number of aliphatic hydroxyl groups excluding tert-OH is 2. The minimum absolute atomic E-state index is 0.274. The largest absolute Gasteiger partial charge is 0.393 e. The third kappa shape index (κ3) is 4.05. The van der Waals surface area contributed by atoms with Gasteiger partial charge >= 0.3 is 0 Å². The monoisotopic (exact) mass is 119 g/mol. The lowest BCUT2D eigenvalue weighted by Crippen LogP contribution is -2.24. The maximum atomic E-state index is 8.79. The van der Waals surface area contributed by atoms with Gasteiger partial charge in [-0.15, -0.1) is 0 Å². The van der Waals surface area contributed by atoms with Gasteiger partial charge in [-0.3, -0.25) is 0 Å². The van der Waals surface area contributed by atoms with E-state index in [4.69, 9.17) is 15.9 Å². The van der Waals surface area contributed by atoms with Crippen molar-refractivity contribution in [1.29, 1.82) is 0 Å². The summed E-state index contributed by atoms with van der Waals surface area (Å²) in [6, 6.07) is 0. The fraction of sp³-hybridized carbons (Fsp3) is 1.00. The number of hydrogen-bond donors (Lipinski definition) is 3. The van der Waals surface area contributed by atoms with Crippen LogP contribution in [0.3, 0.4) is 0 Å². The Morgan fingerprint density at radius 1 is 1.50 bits per heavy atom. The van der Waals surface area contributed by atoms with E-state index in [1.54, 1.807) is 0 Å². The molecule has 0 radical (unpaired) electrons. The Morgan fingerprint density at radius 2 is 2.00 bits per heavy atom. The molecule has 8 heavy (non-hydrogen) atoms. The average Bonchev–Trinajstić information content (AvgIpc) is 1.65. The topological polar surface area (TPSA) is 66.5 Å². The molecule has 0 aromatic carbocycles. The highest BCUT2D eigenvalue weighted by Crippen LogP contribution is 1.96. The molecular weight excluding hydrogens is 106 g/mol. The number of aliphatic hydroxyl groups is 2. The van der Waals surface area contributed by atoms with Gasteiger partial charge in [-0.25, -0.2) is 0 Å². The molecule has 2 atom stereocenters. The van der Waals surface area contributed by atoms with Crippen LogP contribution < -0.4 is 5.73 Å². The summed E-state index contributed by atoms with van der Waals surface area (Å²) >= 11 is 0. The van der Waals surface area contributed by atoms with Crippen LogP contribution in [0.1, 0.15) is 19.8 Å². The van der Waals surface area contributed by atoms with Crippen LogP contribution in [0.15, 0.2) is 0 Å². The van der Waals surface area contributed by atoms with Crippen LogP contribution in [-0.4, -0.2) is 22.5 Å². The van der Waals surface area contributed by atoms with E-state index >= 15 is 0 Å². The molecule has 0 aromatic heterocycles. The molecule has 0 aliphatic carbocycles. The van der Waals surface area contributed by atoms with E-state index in [1.165, 1.54) is 0 Å². The van der Waals surface area contributed by atoms with Gasteiger partial charge in [0, 0.05) is 6.42 Å². The fourth-order valence-electron chi connectivity index (χ4n) is 0.445. The Hall–Kier alpha value is -0.120. The fourth-order valence-corrected chi connectivity index (χ4v) is 0.445. The van der Waals surface area contributed by atoms with E-state index in [-0.39, 0.29) is 6.42 Å². The minimum Gasteiger partial charge on any atom is -0.393 e. The first-order valence-electron chi connectivity index (χ1n) is 2.78. The zero-order valence-corrected chi connectivity index (χ0v) is 5.04. The Morgan fingerprint density at radius 3 is 2.12 bits per heavy atom. The number of nitrogens with two attached hydrogens (primary N) is 1. The van der Waals surface area contributed by atoms with Crippen LogP contribution >= 0.6 is 0 Å². The molecule has 0 aromatic rings. The minimum atomic E-state index is -0.870. The zero-order valence-electron chi connectivity index (χ0n) is 5.04. The summed E-state index contributed by atoms with van der Waals surface area (Å²) in [7, 11) is 0. The van der Waals surface area contributed by atoms with Crippen molar-refractivity contribution in [2.45, 2.75) is 32.1 Å². The van der Waals surface area contributed by atoms with E-state index < -0.39 is 12.3 Å². The van der Waals surface area contributed by atoms with Gasteiger partial charge in [-0.05, 0) is 6.42 Å². The normalized spacial score (nSPS) is 18.0. The SMILES string of the molecule is CCC(O)CC(N)O. The molecule has 0 amide bonds. The first-order valence-corrected chi connectivity index (χ1v) is 2.78. The first kappa shape index (κ1) is 7.88. The van der Waals surface area contributed by atoms with Crippen molar-refractivity contribution in [1.82, 2.24) is 0 Å². The van der Waals surface area contributed by atoms with E-state index in [9.17, 15) is 0 Å². The quantitative estimate of drug-likeness (QED) is 0.436. The van der Waals surface area contributed by atoms with Crippen molar-refractivity contribution in [2.75, 3.05) is 0 Å². The third-order valence-electron chi connectivity index (χ3n) is 0.985. The van der Waals surface area contributed by atoms with Gasteiger partial charge < -0.3 is 15.9 Å². The summed E-state index contributed by atoms with van der Waals surface area (Å²) in [4.78, 5) is 0. The second-order valence-electron chi connectivity index (χ2n) is 1.87. The molecule has 0 aliphatic heterocycles. The average molecular weight is 119 g/mol. The van der Waals surface area contributed by atoms with Crippen LogP contribution in [0, 0.1) is 0 Å². The molecule has 0 bridgehead atoms. The number of hydrogen-bond acceptors (Lipinski definition) is 3. The van der Waals surface area contributed by atoms with Gasteiger partial charge in [-0.2, -0.15) is 0 Å². The highest BCUT2D eigenvalue weighted by atomic mass is 16.3. The molecular formula is C5H13NO2. The van der Waals surface area contributed by atoms with E-state index in [2.05, 4.69) is 0 Å². The highest BCUT2D eigenvalue weighted by Gasteiger charge is 2.03. The Kier molecular flexibility index (Phi) is 3.77. The summed E-state index contributed by atoms with van der Waals surface area (Å²) in [5.74, 6) is 0. The van der Waals surface area contributed by atoms with Crippen LogP contribution in [0.5, 0.6) is 0 Å². The molecule has 0 rings (SSSR count). The van der Waals surface area contributed by atoms with Gasteiger partial charge in [-0.1, -0.05) is 6.92 Å². The van der Waals surface area contributed by atoms with Crippen LogP contribution in [0.25, 0.3) is 0 Å². The van der Waals surface area contributed by atoms with E-state index in [1.807, 2.05) is 6.92 Å². The highest BCUT2D eigenvalue weighted by molar-refractivity contribution is 4.54. The predicted molar refractivity (Wildman–Crippen MR) is 31.1 cm³/mol. The molecule has 0 saturated carbocycles. The van der Waals surface area contributed by atoms with Gasteiger partial charge in [0.25, 0.3) is 0 Å². The molecule has 3 nitrogen and oxygen atoms in total. The summed E-state index contributed by atoms with van der Waals surface area (Å²) in [5, 5.41) is 17.3. The Labute approximate surface area is 49.1 Å². The van der Waals surface area contributed by atoms with E-state index in [0.717, 1.165) is 0 Å². The molecule has 0 heterocycles. The third-order valence-corrected chi connectivity index (χ3v) is 0.985. The summed E-state index contributed by atoms with van der Waals surface area (Å²) < 4.78 is 0. The van der Waals surface area contributed by atoms with Crippen molar-refractivity contribution in [3.63, 3.8) is 0 Å². The molecule has 0 saturated heterocycles. The lowest BCUT2D eigenvalue weighted by Gasteiger charge is -2.08. The van der Waals surface area contributed by atoms with Crippen molar-refractivity contribution in [2.24, 2.45) is 5.73 Å². The summed E-state index contributed by atoms with van der Waals surface area (Å²) in [6.45, 7) is 1.84. The Bertz CT molecular complexity index is 56.4. The maximum absolute atomic E-state index is 8.79. The summed E-state index contributed by atoms with van der Waals surface area (Å²) in [6.07, 6.45) is -0.398. The maximum Gasteiger partial charge on any atom is 0.104 e. The van der Waals surface area contributed by atoms with Gasteiger partial charge in [0.1, 0.15) is 6.23 Å². The van der Waals surface area contributed by atoms with E-state index in [0.29, 0.717) is 6.42 Å². The molecule has 2 unspecified atom stereocenters. The second kappa shape index (κ2) is 3.83. The molecule has 0 spiro atoms. The number of rotatable bonds is 3. The van der Waals surface area contributed by atoms with Crippen LogP contribution in [0.2, 0.25) is 0 Å². The smallest absolute Gasteiger partial charge is 0.104 e. The van der Waals surface area contributed by atoms with Gasteiger partial charge in [0.2, 0.25) is 0 Å². The molecule has 0 aliphatic rings. The zero-order chi connectivity index (χ0) is 6.57. The predicted octanol–water partition coefficient (Wildman–Crippen LogP) is -0.576. The van der Waals surface area contributed by atoms with Gasteiger partial charge in [0.15, 0.2) is 0 Å². The second-order valence-corrected chi connectivity index (χ2v) is 1.87. The lowest BCUT2D eigenvalue weighted by atomic mass is 10.2. The summed E-state index contributed by atoms with van der Waals surface area (Å²) in [5.41, 5.74) is 4.96. The Balaban J connectivity index is 3.10. The van der Waals surface area contributed by atoms with Gasteiger partial charge in [0.05, 0.1) is 6.10 Å². The standard InChI is InChI=1S/C5H13NO2/c1-2-4(7)3-5(6)8/h4-5,7-8H,2-3,6H2,1H3. The van der Waals surface area contributed by atoms with Crippen molar-refractivity contribution < 1.29 is 10.2 Å². The van der Waals surface area contributed by atoms with Crippen molar-refractivity contribution in [3.05, 3.63) is 0 Å². The lowest BCUT2D eigenvalue weighted by molar-refractivity contribution is 0.0822. The molecule has 50 valence electrons. The molecule has 0 fully saturated rings. The van der Waals surface area contributed by atoms with Crippen LogP contribution in [-0.2, 0) is 0 Å².